The van der Waals surface area contributed by atoms with E-state index in [1.807, 2.05) is 61.7 Å². The van der Waals surface area contributed by atoms with Gasteiger partial charge in [0.1, 0.15) is 0 Å². The zero-order valence-corrected chi connectivity index (χ0v) is 18.6. The number of nitrogens with one attached hydrogen (secondary N) is 1. The maximum atomic E-state index is 13.3. The van der Waals surface area contributed by atoms with Gasteiger partial charge in [0, 0.05) is 44.9 Å². The van der Waals surface area contributed by atoms with Gasteiger partial charge in [0.15, 0.2) is 0 Å². The van der Waals surface area contributed by atoms with E-state index in [1.54, 1.807) is 7.11 Å². The van der Waals surface area contributed by atoms with Crippen molar-refractivity contribution < 1.29 is 14.3 Å². The van der Waals surface area contributed by atoms with Crippen LogP contribution in [0.4, 0.5) is 0 Å². The molecule has 1 N–H and O–H groups in total. The Morgan fingerprint density at radius 1 is 1.23 bits per heavy atom. The van der Waals surface area contributed by atoms with Crippen LogP contribution in [-0.2, 0) is 27.9 Å². The smallest absolute Gasteiger partial charge is 0.225 e. The molecule has 30 heavy (non-hydrogen) atoms. The summed E-state index contributed by atoms with van der Waals surface area (Å²) < 4.78 is 7.05. The molecule has 162 valence electrons. The normalized spacial score (nSPS) is 19.2. The van der Waals surface area contributed by atoms with Crippen molar-refractivity contribution in [2.45, 2.75) is 46.2 Å². The van der Waals surface area contributed by atoms with Crippen molar-refractivity contribution in [3.8, 4) is 0 Å². The Labute approximate surface area is 178 Å². The number of hydrogen-bond donors (Lipinski definition) is 1. The molecule has 0 aliphatic carbocycles. The van der Waals surface area contributed by atoms with Crippen LogP contribution in [0.3, 0.4) is 0 Å². The van der Waals surface area contributed by atoms with Crippen LogP contribution >= 0.6 is 0 Å². The molecule has 0 radical (unpaired) electrons. The first-order valence-electron chi connectivity index (χ1n) is 10.4. The summed E-state index contributed by atoms with van der Waals surface area (Å²) in [6.07, 6.45) is 0.910. The number of aryl methyl sites for hydroxylation is 3. The van der Waals surface area contributed by atoms with E-state index in [1.165, 1.54) is 0 Å². The second-order valence-electron chi connectivity index (χ2n) is 8.07. The highest BCUT2D eigenvalue weighted by Crippen LogP contribution is 2.37. The zero-order chi connectivity index (χ0) is 21.8. The molecule has 7 nitrogen and oxygen atoms in total. The van der Waals surface area contributed by atoms with Crippen molar-refractivity contribution in [3.63, 3.8) is 0 Å². The van der Waals surface area contributed by atoms with Crippen molar-refractivity contribution in [2.75, 3.05) is 20.3 Å². The van der Waals surface area contributed by atoms with Crippen molar-refractivity contribution in [1.82, 2.24) is 20.0 Å². The minimum atomic E-state index is -0.306. The highest BCUT2D eigenvalue weighted by molar-refractivity contribution is 5.85. The molecule has 3 rings (SSSR count). The predicted molar refractivity (Wildman–Crippen MR) is 115 cm³/mol. The number of ether oxygens (including phenoxy) is 1. The van der Waals surface area contributed by atoms with Crippen molar-refractivity contribution in [1.29, 1.82) is 0 Å². The Bertz CT molecular complexity index is 904. The van der Waals surface area contributed by atoms with E-state index in [0.29, 0.717) is 32.5 Å². The summed E-state index contributed by atoms with van der Waals surface area (Å²) >= 11 is 0. The Morgan fingerprint density at radius 2 is 1.93 bits per heavy atom. The number of rotatable bonds is 7. The van der Waals surface area contributed by atoms with Gasteiger partial charge in [-0.2, -0.15) is 5.10 Å². The van der Waals surface area contributed by atoms with Gasteiger partial charge in [-0.05, 0) is 32.8 Å². The molecule has 1 fully saturated rings. The van der Waals surface area contributed by atoms with Crippen LogP contribution in [0.25, 0.3) is 0 Å². The van der Waals surface area contributed by atoms with E-state index in [9.17, 15) is 9.59 Å². The van der Waals surface area contributed by atoms with E-state index in [-0.39, 0.29) is 23.8 Å². The lowest BCUT2D eigenvalue weighted by Gasteiger charge is -2.40. The first kappa shape index (κ1) is 22.0. The quantitative estimate of drug-likeness (QED) is 0.758. The topological polar surface area (TPSA) is 76.5 Å². The van der Waals surface area contributed by atoms with Gasteiger partial charge in [-0.1, -0.05) is 29.8 Å². The summed E-state index contributed by atoms with van der Waals surface area (Å²) in [6.45, 7) is 7.33. The molecule has 0 spiro atoms. The average molecular weight is 413 g/mol. The number of carbonyl (C=O) groups excluding carboxylic acids is 2. The lowest BCUT2D eigenvalue weighted by atomic mass is 9.83. The van der Waals surface area contributed by atoms with E-state index in [0.717, 1.165) is 28.1 Å². The maximum absolute atomic E-state index is 13.3. The standard InChI is InChI=1S/C23H32N4O3/c1-15-6-8-18(9-7-15)22-19(10-11-21(28)27(22)12-13-30-5)23(29)24-14-20-16(2)25-26(4)17(20)3/h6-9,19,22H,10-14H2,1-5H3,(H,24,29). The molecule has 2 heterocycles. The summed E-state index contributed by atoms with van der Waals surface area (Å²) in [4.78, 5) is 27.8. The third-order valence-electron chi connectivity index (χ3n) is 6.10. The predicted octanol–water partition coefficient (Wildman–Crippen LogP) is 2.59. The third kappa shape index (κ3) is 4.56. The van der Waals surface area contributed by atoms with E-state index < -0.39 is 0 Å². The minimum Gasteiger partial charge on any atom is -0.383 e. The molecule has 7 heteroatoms. The van der Waals surface area contributed by atoms with Gasteiger partial charge in [-0.25, -0.2) is 0 Å². The molecule has 2 atom stereocenters. The number of aromatic nitrogens is 2. The van der Waals surface area contributed by atoms with E-state index in [4.69, 9.17) is 4.74 Å². The second-order valence-corrected chi connectivity index (χ2v) is 8.07. The van der Waals surface area contributed by atoms with Gasteiger partial charge in [0.25, 0.3) is 0 Å². The molecule has 1 aliphatic rings. The van der Waals surface area contributed by atoms with Crippen molar-refractivity contribution in [3.05, 3.63) is 52.3 Å². The summed E-state index contributed by atoms with van der Waals surface area (Å²) in [7, 11) is 3.53. The largest absolute Gasteiger partial charge is 0.383 e. The van der Waals surface area contributed by atoms with Gasteiger partial charge in [-0.3, -0.25) is 14.3 Å². The Hall–Kier alpha value is -2.67. The van der Waals surface area contributed by atoms with Crippen LogP contribution in [0.15, 0.2) is 24.3 Å². The molecule has 2 unspecified atom stereocenters. The zero-order valence-electron chi connectivity index (χ0n) is 18.6. The lowest BCUT2D eigenvalue weighted by Crippen LogP contribution is -2.49. The average Bonchev–Trinajstić information content (AvgIpc) is 2.97. The number of benzene rings is 1. The number of hydrogen-bond acceptors (Lipinski definition) is 4. The second kappa shape index (κ2) is 9.43. The highest BCUT2D eigenvalue weighted by atomic mass is 16.5. The van der Waals surface area contributed by atoms with Gasteiger partial charge < -0.3 is 15.0 Å². The van der Waals surface area contributed by atoms with Crippen molar-refractivity contribution >= 4 is 11.8 Å². The van der Waals surface area contributed by atoms with Gasteiger partial charge in [-0.15, -0.1) is 0 Å². The van der Waals surface area contributed by atoms with E-state index in [2.05, 4.69) is 10.4 Å². The van der Waals surface area contributed by atoms with Crippen LogP contribution < -0.4 is 5.32 Å². The molecular formula is C23H32N4O3. The Balaban J connectivity index is 1.84. The SMILES string of the molecule is COCCN1C(=O)CCC(C(=O)NCc2c(C)nn(C)c2C)C1c1ccc(C)cc1. The molecule has 1 aromatic heterocycles. The number of nitrogens with zero attached hydrogens (tertiary/aromatic N) is 3. The summed E-state index contributed by atoms with van der Waals surface area (Å²) in [5, 5.41) is 7.53. The molecule has 0 saturated carbocycles. The molecule has 2 amide bonds. The van der Waals surface area contributed by atoms with Crippen LogP contribution in [0, 0.1) is 26.7 Å². The Kier molecular flexibility index (Phi) is 6.92. The molecule has 0 bridgehead atoms. The molecular weight excluding hydrogens is 380 g/mol. The molecule has 1 saturated heterocycles. The first-order valence-corrected chi connectivity index (χ1v) is 10.4. The van der Waals surface area contributed by atoms with Crippen LogP contribution in [0.5, 0.6) is 0 Å². The van der Waals surface area contributed by atoms with Crippen molar-refractivity contribution in [2.24, 2.45) is 13.0 Å². The highest BCUT2D eigenvalue weighted by Gasteiger charge is 2.40. The molecule has 2 aromatic rings. The number of piperidine rings is 1. The number of amides is 2. The monoisotopic (exact) mass is 412 g/mol. The Morgan fingerprint density at radius 3 is 2.53 bits per heavy atom. The van der Waals surface area contributed by atoms with Crippen LogP contribution in [-0.4, -0.2) is 46.8 Å². The van der Waals surface area contributed by atoms with Crippen LogP contribution in [0.2, 0.25) is 0 Å². The number of carbonyl (C=O) groups is 2. The summed E-state index contributed by atoms with van der Waals surface area (Å²) in [6, 6.07) is 7.81. The van der Waals surface area contributed by atoms with Gasteiger partial charge in [0.05, 0.1) is 24.3 Å². The van der Waals surface area contributed by atoms with Gasteiger partial charge in [0.2, 0.25) is 11.8 Å². The molecule has 1 aliphatic heterocycles. The van der Waals surface area contributed by atoms with Gasteiger partial charge >= 0.3 is 0 Å². The first-order chi connectivity index (χ1) is 14.3. The maximum Gasteiger partial charge on any atom is 0.225 e. The van der Waals surface area contributed by atoms with Crippen LogP contribution in [0.1, 0.15) is 47.0 Å². The fourth-order valence-electron chi connectivity index (χ4n) is 4.24. The lowest BCUT2D eigenvalue weighted by molar-refractivity contribution is -0.144. The fraction of sp³-hybridized carbons (Fsp3) is 0.522. The van der Waals surface area contributed by atoms with E-state index >= 15 is 0 Å². The third-order valence-corrected chi connectivity index (χ3v) is 6.10. The number of likely N-dealkylation sites (tertiary alicyclic amines) is 1. The minimum absolute atomic E-state index is 0.0295. The summed E-state index contributed by atoms with van der Waals surface area (Å²) in [5.41, 5.74) is 5.14. The molecule has 1 aromatic carbocycles. The number of methoxy groups -OCH3 is 1. The fourth-order valence-corrected chi connectivity index (χ4v) is 4.24. The summed E-state index contributed by atoms with van der Waals surface area (Å²) in [5.74, 6) is -0.265.